The zero-order chi connectivity index (χ0) is 8.27. The van der Waals surface area contributed by atoms with Crippen LogP contribution in [-0.4, -0.2) is 23.9 Å². The standard InChI is InChI=1S/C9H14O2/c1-3-11-9-6-7(2)4-5-8(9)10/h4-6,8-10H,3H2,1-2H3. The van der Waals surface area contributed by atoms with Crippen LogP contribution in [0.1, 0.15) is 13.8 Å². The van der Waals surface area contributed by atoms with E-state index in [0.29, 0.717) is 6.61 Å². The molecule has 62 valence electrons. The van der Waals surface area contributed by atoms with Gasteiger partial charge < -0.3 is 9.84 Å². The Morgan fingerprint density at radius 3 is 3.00 bits per heavy atom. The number of hydrogen-bond donors (Lipinski definition) is 1. The van der Waals surface area contributed by atoms with Crippen LogP contribution in [0.5, 0.6) is 0 Å². The molecule has 2 atom stereocenters. The van der Waals surface area contributed by atoms with Crippen LogP contribution in [0, 0.1) is 0 Å². The second-order valence-electron chi connectivity index (χ2n) is 2.68. The van der Waals surface area contributed by atoms with Gasteiger partial charge in [-0.3, -0.25) is 0 Å². The van der Waals surface area contributed by atoms with Crippen LogP contribution in [0.15, 0.2) is 23.8 Å². The molecule has 0 fully saturated rings. The van der Waals surface area contributed by atoms with Crippen LogP contribution >= 0.6 is 0 Å². The second-order valence-corrected chi connectivity index (χ2v) is 2.68. The van der Waals surface area contributed by atoms with E-state index in [0.717, 1.165) is 5.57 Å². The summed E-state index contributed by atoms with van der Waals surface area (Å²) in [7, 11) is 0. The molecule has 11 heavy (non-hydrogen) atoms. The zero-order valence-electron chi connectivity index (χ0n) is 6.95. The Labute approximate surface area is 67.2 Å². The lowest BCUT2D eigenvalue weighted by atomic mass is 10.0. The first kappa shape index (κ1) is 8.50. The molecule has 0 aromatic heterocycles. The smallest absolute Gasteiger partial charge is 0.106 e. The van der Waals surface area contributed by atoms with Gasteiger partial charge in [-0.05, 0) is 13.8 Å². The third-order valence-electron chi connectivity index (χ3n) is 1.68. The normalized spacial score (nSPS) is 30.3. The highest BCUT2D eigenvalue weighted by Gasteiger charge is 2.16. The van der Waals surface area contributed by atoms with Crippen molar-refractivity contribution in [3.63, 3.8) is 0 Å². The van der Waals surface area contributed by atoms with Gasteiger partial charge in [-0.25, -0.2) is 0 Å². The Bertz CT molecular complexity index is 182. The molecule has 0 bridgehead atoms. The minimum absolute atomic E-state index is 0.148. The molecule has 1 aliphatic rings. The number of allylic oxidation sites excluding steroid dienone is 2. The summed E-state index contributed by atoms with van der Waals surface area (Å²) < 4.78 is 5.29. The SMILES string of the molecule is CCOC1C=C(C)C=CC1O. The van der Waals surface area contributed by atoms with E-state index in [-0.39, 0.29) is 6.10 Å². The van der Waals surface area contributed by atoms with Crippen molar-refractivity contribution in [2.75, 3.05) is 6.61 Å². The zero-order valence-corrected chi connectivity index (χ0v) is 6.95. The van der Waals surface area contributed by atoms with Gasteiger partial charge in [0.15, 0.2) is 0 Å². The molecule has 0 aliphatic heterocycles. The Morgan fingerprint density at radius 1 is 1.64 bits per heavy atom. The molecule has 2 nitrogen and oxygen atoms in total. The summed E-state index contributed by atoms with van der Waals surface area (Å²) in [6.07, 6.45) is 4.98. The third kappa shape index (κ3) is 2.17. The summed E-state index contributed by atoms with van der Waals surface area (Å²) >= 11 is 0. The summed E-state index contributed by atoms with van der Waals surface area (Å²) in [5, 5.41) is 9.36. The van der Waals surface area contributed by atoms with E-state index < -0.39 is 6.10 Å². The van der Waals surface area contributed by atoms with Crippen LogP contribution < -0.4 is 0 Å². The lowest BCUT2D eigenvalue weighted by molar-refractivity contribution is 0.0160. The summed E-state index contributed by atoms with van der Waals surface area (Å²) in [6.45, 7) is 4.56. The number of hydrogen-bond acceptors (Lipinski definition) is 2. The highest BCUT2D eigenvalue weighted by atomic mass is 16.5. The molecular formula is C9H14O2. The van der Waals surface area contributed by atoms with Gasteiger partial charge in [0.25, 0.3) is 0 Å². The summed E-state index contributed by atoms with van der Waals surface area (Å²) in [5.41, 5.74) is 1.15. The van der Waals surface area contributed by atoms with Gasteiger partial charge in [0.2, 0.25) is 0 Å². The van der Waals surface area contributed by atoms with Crippen LogP contribution in [0.25, 0.3) is 0 Å². The Balaban J connectivity index is 2.58. The monoisotopic (exact) mass is 154 g/mol. The van der Waals surface area contributed by atoms with Gasteiger partial charge >= 0.3 is 0 Å². The second kappa shape index (κ2) is 3.69. The number of rotatable bonds is 2. The Kier molecular flexibility index (Phi) is 2.85. The quantitative estimate of drug-likeness (QED) is 0.649. The number of ether oxygens (including phenoxy) is 1. The van der Waals surface area contributed by atoms with E-state index in [1.165, 1.54) is 0 Å². The van der Waals surface area contributed by atoms with Crippen molar-refractivity contribution in [2.45, 2.75) is 26.1 Å². The maximum Gasteiger partial charge on any atom is 0.106 e. The Morgan fingerprint density at radius 2 is 2.36 bits per heavy atom. The molecule has 2 unspecified atom stereocenters. The van der Waals surface area contributed by atoms with Crippen molar-refractivity contribution in [3.8, 4) is 0 Å². The predicted molar refractivity (Wildman–Crippen MR) is 44.3 cm³/mol. The first-order chi connectivity index (χ1) is 5.24. The van der Waals surface area contributed by atoms with E-state index in [1.807, 2.05) is 26.0 Å². The van der Waals surface area contributed by atoms with Crippen molar-refractivity contribution in [3.05, 3.63) is 23.8 Å². The molecule has 2 heteroatoms. The van der Waals surface area contributed by atoms with E-state index in [9.17, 15) is 5.11 Å². The van der Waals surface area contributed by atoms with E-state index in [1.54, 1.807) is 6.08 Å². The highest BCUT2D eigenvalue weighted by molar-refractivity contribution is 5.25. The average molecular weight is 154 g/mol. The average Bonchev–Trinajstić information content (AvgIpc) is 1.98. The molecule has 0 aromatic carbocycles. The lowest BCUT2D eigenvalue weighted by Gasteiger charge is -2.20. The fourth-order valence-electron chi connectivity index (χ4n) is 1.11. The fourth-order valence-corrected chi connectivity index (χ4v) is 1.11. The topological polar surface area (TPSA) is 29.5 Å². The van der Waals surface area contributed by atoms with Gasteiger partial charge in [0, 0.05) is 6.61 Å². The summed E-state index contributed by atoms with van der Waals surface area (Å²) in [5.74, 6) is 0. The molecule has 0 amide bonds. The summed E-state index contributed by atoms with van der Waals surface area (Å²) in [4.78, 5) is 0. The number of aliphatic hydroxyl groups excluding tert-OH is 1. The van der Waals surface area contributed by atoms with E-state index in [4.69, 9.17) is 4.74 Å². The maximum absolute atomic E-state index is 9.36. The molecule has 1 rings (SSSR count). The van der Waals surface area contributed by atoms with Crippen molar-refractivity contribution in [1.29, 1.82) is 0 Å². The molecule has 0 aromatic rings. The first-order valence-corrected chi connectivity index (χ1v) is 3.90. The van der Waals surface area contributed by atoms with Gasteiger partial charge in [-0.1, -0.05) is 23.8 Å². The first-order valence-electron chi connectivity index (χ1n) is 3.90. The molecule has 0 heterocycles. The minimum atomic E-state index is -0.473. The van der Waals surface area contributed by atoms with Crippen molar-refractivity contribution in [2.24, 2.45) is 0 Å². The molecule has 0 spiro atoms. The highest BCUT2D eigenvalue weighted by Crippen LogP contribution is 2.13. The third-order valence-corrected chi connectivity index (χ3v) is 1.68. The molecule has 0 saturated heterocycles. The van der Waals surface area contributed by atoms with Crippen LogP contribution in [0.4, 0.5) is 0 Å². The number of aliphatic hydroxyl groups is 1. The van der Waals surface area contributed by atoms with Gasteiger partial charge in [0.05, 0.1) is 0 Å². The van der Waals surface area contributed by atoms with Crippen LogP contribution in [0.2, 0.25) is 0 Å². The van der Waals surface area contributed by atoms with Gasteiger partial charge in [0.1, 0.15) is 12.2 Å². The lowest BCUT2D eigenvalue weighted by Crippen LogP contribution is -2.27. The molecular weight excluding hydrogens is 140 g/mol. The summed E-state index contributed by atoms with van der Waals surface area (Å²) in [6, 6.07) is 0. The van der Waals surface area contributed by atoms with Gasteiger partial charge in [-0.2, -0.15) is 0 Å². The largest absolute Gasteiger partial charge is 0.386 e. The van der Waals surface area contributed by atoms with Crippen molar-refractivity contribution in [1.82, 2.24) is 0 Å². The van der Waals surface area contributed by atoms with Crippen LogP contribution in [-0.2, 0) is 4.74 Å². The molecule has 0 saturated carbocycles. The molecule has 1 aliphatic carbocycles. The minimum Gasteiger partial charge on any atom is -0.386 e. The Hall–Kier alpha value is -0.600. The van der Waals surface area contributed by atoms with Crippen molar-refractivity contribution < 1.29 is 9.84 Å². The van der Waals surface area contributed by atoms with Crippen LogP contribution in [0.3, 0.4) is 0 Å². The van der Waals surface area contributed by atoms with E-state index >= 15 is 0 Å². The fraction of sp³-hybridized carbons (Fsp3) is 0.556. The molecule has 1 N–H and O–H groups in total. The van der Waals surface area contributed by atoms with E-state index in [2.05, 4.69) is 0 Å². The maximum atomic E-state index is 9.36. The van der Waals surface area contributed by atoms with Crippen molar-refractivity contribution >= 4 is 0 Å². The van der Waals surface area contributed by atoms with Gasteiger partial charge in [-0.15, -0.1) is 0 Å². The molecule has 0 radical (unpaired) electrons. The predicted octanol–water partition coefficient (Wildman–Crippen LogP) is 1.27.